The molecular formula is C21H26N4O2. The Bertz CT molecular complexity index is 968. The second-order valence-corrected chi connectivity index (χ2v) is 7.18. The fourth-order valence-electron chi connectivity index (χ4n) is 3.74. The van der Waals surface area contributed by atoms with Crippen LogP contribution in [0.15, 0.2) is 53.3 Å². The third-order valence-corrected chi connectivity index (χ3v) is 5.20. The molecule has 27 heavy (non-hydrogen) atoms. The number of anilines is 1. The topological polar surface area (TPSA) is 42.6 Å². The fraction of sp³-hybridized carbons (Fsp3) is 0.381. The number of aromatic nitrogens is 2. The van der Waals surface area contributed by atoms with E-state index in [2.05, 4.69) is 34.1 Å². The number of fused-ring (bicyclic) bond motifs is 1. The highest BCUT2D eigenvalue weighted by Crippen LogP contribution is 2.18. The molecule has 0 saturated carbocycles. The fourth-order valence-corrected chi connectivity index (χ4v) is 3.74. The molecule has 1 fully saturated rings. The lowest BCUT2D eigenvalue weighted by molar-refractivity contribution is 0.122. The number of aryl methyl sites for hydroxylation is 1. The molecule has 0 radical (unpaired) electrons. The first-order valence-corrected chi connectivity index (χ1v) is 9.38. The van der Waals surface area contributed by atoms with Crippen LogP contribution in [0.5, 0.6) is 0 Å². The predicted molar refractivity (Wildman–Crippen MR) is 108 cm³/mol. The Labute approximate surface area is 159 Å². The zero-order valence-corrected chi connectivity index (χ0v) is 16.0. The van der Waals surface area contributed by atoms with Gasteiger partial charge in [-0.15, -0.1) is 0 Å². The first kappa shape index (κ1) is 17.8. The minimum Gasteiger partial charge on any atom is -0.378 e. The molecule has 0 spiro atoms. The Balaban J connectivity index is 1.46. The molecule has 142 valence electrons. The van der Waals surface area contributed by atoms with E-state index in [4.69, 9.17) is 4.74 Å². The van der Waals surface area contributed by atoms with Gasteiger partial charge in [-0.1, -0.05) is 24.3 Å². The van der Waals surface area contributed by atoms with Gasteiger partial charge in [0.25, 0.3) is 0 Å². The number of ether oxygens (including phenoxy) is 1. The number of para-hydroxylation sites is 2. The Kier molecular flexibility index (Phi) is 5.01. The van der Waals surface area contributed by atoms with Crippen molar-refractivity contribution in [3.05, 3.63) is 64.6 Å². The minimum atomic E-state index is 0.0192. The van der Waals surface area contributed by atoms with Crippen molar-refractivity contribution in [1.29, 1.82) is 0 Å². The lowest BCUT2D eigenvalue weighted by Gasteiger charge is -2.29. The van der Waals surface area contributed by atoms with Crippen LogP contribution in [0, 0.1) is 0 Å². The quantitative estimate of drug-likeness (QED) is 0.695. The summed E-state index contributed by atoms with van der Waals surface area (Å²) in [5, 5.41) is 0. The van der Waals surface area contributed by atoms with Crippen LogP contribution in [0.4, 0.5) is 5.69 Å². The number of hydrogen-bond acceptors (Lipinski definition) is 4. The van der Waals surface area contributed by atoms with Crippen molar-refractivity contribution < 1.29 is 4.74 Å². The van der Waals surface area contributed by atoms with E-state index in [1.54, 1.807) is 4.57 Å². The average molecular weight is 366 g/mol. The molecule has 0 unspecified atom stereocenters. The van der Waals surface area contributed by atoms with Gasteiger partial charge >= 0.3 is 5.69 Å². The van der Waals surface area contributed by atoms with Crippen LogP contribution < -0.4 is 10.6 Å². The summed E-state index contributed by atoms with van der Waals surface area (Å²) in [5.74, 6) is 0. The van der Waals surface area contributed by atoms with E-state index in [-0.39, 0.29) is 5.69 Å². The molecule has 0 aliphatic carbocycles. The smallest absolute Gasteiger partial charge is 0.329 e. The second-order valence-electron chi connectivity index (χ2n) is 7.18. The van der Waals surface area contributed by atoms with Gasteiger partial charge in [-0.25, -0.2) is 4.79 Å². The average Bonchev–Trinajstić information content (AvgIpc) is 2.94. The van der Waals surface area contributed by atoms with Crippen molar-refractivity contribution in [2.24, 2.45) is 7.05 Å². The van der Waals surface area contributed by atoms with Crippen molar-refractivity contribution in [1.82, 2.24) is 14.0 Å². The summed E-state index contributed by atoms with van der Waals surface area (Å²) in [6.07, 6.45) is 0. The van der Waals surface area contributed by atoms with Crippen molar-refractivity contribution >= 4 is 16.7 Å². The number of imidazole rings is 1. The van der Waals surface area contributed by atoms with Crippen LogP contribution >= 0.6 is 0 Å². The first-order chi connectivity index (χ1) is 13.1. The van der Waals surface area contributed by atoms with E-state index < -0.39 is 0 Å². The second kappa shape index (κ2) is 7.58. The van der Waals surface area contributed by atoms with Crippen molar-refractivity contribution in [2.75, 3.05) is 38.3 Å². The Morgan fingerprint density at radius 2 is 1.67 bits per heavy atom. The molecule has 0 atom stereocenters. The van der Waals surface area contributed by atoms with E-state index in [1.165, 1.54) is 11.3 Å². The third kappa shape index (κ3) is 3.63. The maximum absolute atomic E-state index is 12.6. The third-order valence-electron chi connectivity index (χ3n) is 5.20. The Hall–Kier alpha value is -2.57. The normalized spacial score (nSPS) is 15.0. The van der Waals surface area contributed by atoms with Crippen molar-refractivity contribution in [3.8, 4) is 0 Å². The largest absolute Gasteiger partial charge is 0.378 e. The van der Waals surface area contributed by atoms with E-state index in [9.17, 15) is 4.79 Å². The first-order valence-electron chi connectivity index (χ1n) is 9.38. The number of rotatable bonds is 5. The van der Waals surface area contributed by atoms with Crippen LogP contribution in [0.1, 0.15) is 5.56 Å². The summed E-state index contributed by atoms with van der Waals surface area (Å²) in [7, 11) is 3.87. The molecule has 0 amide bonds. The molecular weight excluding hydrogens is 340 g/mol. The molecule has 1 saturated heterocycles. The molecule has 2 heterocycles. The van der Waals surface area contributed by atoms with E-state index in [1.807, 2.05) is 42.9 Å². The predicted octanol–water partition coefficient (Wildman–Crippen LogP) is 2.27. The van der Waals surface area contributed by atoms with E-state index >= 15 is 0 Å². The molecule has 0 bridgehead atoms. The lowest BCUT2D eigenvalue weighted by atomic mass is 10.2. The van der Waals surface area contributed by atoms with Gasteiger partial charge in [0.15, 0.2) is 0 Å². The molecule has 1 aliphatic rings. The van der Waals surface area contributed by atoms with Gasteiger partial charge in [-0.2, -0.15) is 0 Å². The van der Waals surface area contributed by atoms with Crippen molar-refractivity contribution in [3.63, 3.8) is 0 Å². The van der Waals surface area contributed by atoms with Gasteiger partial charge in [0.1, 0.15) is 0 Å². The monoisotopic (exact) mass is 366 g/mol. The zero-order chi connectivity index (χ0) is 18.8. The van der Waals surface area contributed by atoms with E-state index in [0.717, 1.165) is 43.9 Å². The number of benzene rings is 2. The Morgan fingerprint density at radius 3 is 2.37 bits per heavy atom. The molecule has 1 aliphatic heterocycles. The molecule has 4 rings (SSSR count). The molecule has 2 aromatic carbocycles. The maximum atomic E-state index is 12.6. The van der Waals surface area contributed by atoms with Gasteiger partial charge in [0, 0.05) is 32.4 Å². The summed E-state index contributed by atoms with van der Waals surface area (Å²) in [5.41, 5.74) is 4.44. The molecule has 6 heteroatoms. The maximum Gasteiger partial charge on any atom is 0.329 e. The van der Waals surface area contributed by atoms with Crippen LogP contribution in [-0.2, 0) is 25.0 Å². The lowest BCUT2D eigenvalue weighted by Crippen LogP contribution is -2.36. The standard InChI is InChI=1S/C21H26N4O2/c1-22(16-25-20-6-4-3-5-19(20)23(2)21(25)26)15-17-7-9-18(10-8-17)24-11-13-27-14-12-24/h3-10H,11-16H2,1-2H3. The van der Waals surface area contributed by atoms with Crippen LogP contribution in [0.25, 0.3) is 11.0 Å². The van der Waals surface area contributed by atoms with Gasteiger partial charge in [0.05, 0.1) is 30.9 Å². The highest BCUT2D eigenvalue weighted by Gasteiger charge is 2.13. The molecule has 6 nitrogen and oxygen atoms in total. The van der Waals surface area contributed by atoms with Crippen molar-refractivity contribution in [2.45, 2.75) is 13.2 Å². The zero-order valence-electron chi connectivity index (χ0n) is 16.0. The van der Waals surface area contributed by atoms with Crippen LogP contribution in [0.3, 0.4) is 0 Å². The molecule has 1 aromatic heterocycles. The van der Waals surface area contributed by atoms with E-state index in [0.29, 0.717) is 6.67 Å². The van der Waals surface area contributed by atoms with Gasteiger partial charge in [-0.05, 0) is 36.9 Å². The number of hydrogen-bond donors (Lipinski definition) is 0. The summed E-state index contributed by atoms with van der Waals surface area (Å²) in [6.45, 7) is 4.84. The Morgan fingerprint density at radius 1 is 1.00 bits per heavy atom. The number of nitrogens with zero attached hydrogens (tertiary/aromatic N) is 4. The summed E-state index contributed by atoms with van der Waals surface area (Å²) < 4.78 is 8.96. The van der Waals surface area contributed by atoms with Crippen LogP contribution in [-0.4, -0.2) is 47.4 Å². The minimum absolute atomic E-state index is 0.0192. The number of morpholine rings is 1. The van der Waals surface area contributed by atoms with Gasteiger partial charge in [-0.3, -0.25) is 14.0 Å². The van der Waals surface area contributed by atoms with Gasteiger partial charge in [0.2, 0.25) is 0 Å². The summed E-state index contributed by atoms with van der Waals surface area (Å²) in [4.78, 5) is 17.1. The molecule has 0 N–H and O–H groups in total. The highest BCUT2D eigenvalue weighted by molar-refractivity contribution is 5.75. The SMILES string of the molecule is CN(Cc1ccc(N2CCOCC2)cc1)Cn1c(=O)n(C)c2ccccc21. The highest BCUT2D eigenvalue weighted by atomic mass is 16.5. The van der Waals surface area contributed by atoms with Gasteiger partial charge < -0.3 is 9.64 Å². The summed E-state index contributed by atoms with van der Waals surface area (Å²) >= 11 is 0. The molecule has 3 aromatic rings. The summed E-state index contributed by atoms with van der Waals surface area (Å²) in [6, 6.07) is 16.6. The van der Waals surface area contributed by atoms with Crippen LogP contribution in [0.2, 0.25) is 0 Å².